The van der Waals surface area contributed by atoms with Crippen LogP contribution in [0, 0.1) is 0 Å². The number of benzene rings is 2. The summed E-state index contributed by atoms with van der Waals surface area (Å²) < 4.78 is 5.81. The van der Waals surface area contributed by atoms with E-state index < -0.39 is 0 Å². The lowest BCUT2D eigenvalue weighted by Crippen LogP contribution is -2.44. The van der Waals surface area contributed by atoms with Crippen molar-refractivity contribution < 1.29 is 9.53 Å². The Morgan fingerprint density at radius 1 is 1.06 bits per heavy atom. The lowest BCUT2D eigenvalue weighted by atomic mass is 10.1. The smallest absolute Gasteiger partial charge is 0.220 e. The number of rotatable bonds is 8. The van der Waals surface area contributed by atoms with Crippen molar-refractivity contribution in [2.24, 2.45) is 0 Å². The molecule has 2 unspecified atom stereocenters. The monoisotopic (exact) mass is 419 g/mol. The zero-order chi connectivity index (χ0) is 21.6. The molecular weight excluding hydrogens is 386 g/mol. The van der Waals surface area contributed by atoms with Crippen LogP contribution in [0.1, 0.15) is 43.4 Å². The third-order valence-electron chi connectivity index (χ3n) is 5.94. The van der Waals surface area contributed by atoms with Crippen LogP contribution < -0.4 is 5.32 Å². The number of carbonyl (C=O) groups excluding carboxylic acids is 1. The van der Waals surface area contributed by atoms with E-state index in [0.29, 0.717) is 13.0 Å². The first kappa shape index (κ1) is 21.6. The molecule has 164 valence electrons. The number of aromatic amines is 1. The van der Waals surface area contributed by atoms with E-state index >= 15 is 0 Å². The standard InChI is InChI=1S/C26H33N3O2/c1-19-16-29(17-20(2)31-19)18-22-12-10-21(11-13-22)14-28-26(30)9-5-6-23-15-27-25-8-4-3-7-24(23)25/h3-4,7-8,10-13,15,19-20,27H,5-6,9,14,16-18H2,1-2H3,(H,28,30). The van der Waals surface area contributed by atoms with Gasteiger partial charge in [-0.05, 0) is 49.4 Å². The van der Waals surface area contributed by atoms with Crippen molar-refractivity contribution in [2.75, 3.05) is 13.1 Å². The quantitative estimate of drug-likeness (QED) is 0.568. The summed E-state index contributed by atoms with van der Waals surface area (Å²) >= 11 is 0. The summed E-state index contributed by atoms with van der Waals surface area (Å²) in [6.45, 7) is 7.74. The van der Waals surface area contributed by atoms with Crippen LogP contribution >= 0.6 is 0 Å². The number of hydrogen-bond donors (Lipinski definition) is 2. The van der Waals surface area contributed by atoms with E-state index in [1.165, 1.54) is 16.5 Å². The van der Waals surface area contributed by atoms with Crippen LogP contribution in [-0.4, -0.2) is 41.1 Å². The highest BCUT2D eigenvalue weighted by Gasteiger charge is 2.21. The van der Waals surface area contributed by atoms with Crippen LogP contribution in [0.5, 0.6) is 0 Å². The van der Waals surface area contributed by atoms with Gasteiger partial charge in [-0.2, -0.15) is 0 Å². The third kappa shape index (κ3) is 5.96. The molecule has 0 spiro atoms. The third-order valence-corrected chi connectivity index (χ3v) is 5.94. The second-order valence-corrected chi connectivity index (χ2v) is 8.76. The molecule has 2 N–H and O–H groups in total. The predicted octanol–water partition coefficient (Wildman–Crippen LogP) is 4.42. The molecule has 1 aromatic heterocycles. The molecule has 0 radical (unpaired) electrons. The van der Waals surface area contributed by atoms with Crippen molar-refractivity contribution >= 4 is 16.8 Å². The summed E-state index contributed by atoms with van der Waals surface area (Å²) in [5.74, 6) is 0.111. The molecule has 5 heteroatoms. The van der Waals surface area contributed by atoms with Gasteiger partial charge in [0.2, 0.25) is 5.91 Å². The number of morpholine rings is 1. The van der Waals surface area contributed by atoms with Crippen molar-refractivity contribution in [2.45, 2.75) is 58.4 Å². The highest BCUT2D eigenvalue weighted by Crippen LogP contribution is 2.19. The van der Waals surface area contributed by atoms with Gasteiger partial charge in [0.15, 0.2) is 0 Å². The van der Waals surface area contributed by atoms with Crippen LogP contribution in [0.25, 0.3) is 10.9 Å². The minimum absolute atomic E-state index is 0.111. The van der Waals surface area contributed by atoms with Crippen molar-refractivity contribution in [3.63, 3.8) is 0 Å². The Hall–Kier alpha value is -2.63. The molecule has 4 rings (SSSR count). The van der Waals surface area contributed by atoms with Crippen molar-refractivity contribution in [3.05, 3.63) is 71.4 Å². The van der Waals surface area contributed by atoms with E-state index in [4.69, 9.17) is 4.74 Å². The molecule has 1 fully saturated rings. The first-order valence-electron chi connectivity index (χ1n) is 11.3. The summed E-state index contributed by atoms with van der Waals surface area (Å²) in [7, 11) is 0. The number of ether oxygens (including phenoxy) is 1. The molecule has 1 saturated heterocycles. The van der Waals surface area contributed by atoms with Gasteiger partial charge in [-0.1, -0.05) is 42.5 Å². The minimum atomic E-state index is 0.111. The summed E-state index contributed by atoms with van der Waals surface area (Å²) in [6, 6.07) is 16.9. The van der Waals surface area contributed by atoms with Gasteiger partial charge in [-0.25, -0.2) is 0 Å². The van der Waals surface area contributed by atoms with E-state index in [-0.39, 0.29) is 18.1 Å². The van der Waals surface area contributed by atoms with E-state index in [9.17, 15) is 4.79 Å². The fourth-order valence-electron chi connectivity index (χ4n) is 4.50. The van der Waals surface area contributed by atoms with Gasteiger partial charge in [-0.3, -0.25) is 9.69 Å². The van der Waals surface area contributed by atoms with Gasteiger partial charge in [-0.15, -0.1) is 0 Å². The fraction of sp³-hybridized carbons (Fsp3) is 0.423. The normalized spacial score (nSPS) is 19.5. The van der Waals surface area contributed by atoms with Gasteiger partial charge in [0, 0.05) is 49.7 Å². The number of aryl methyl sites for hydroxylation is 1. The Labute approximate surface area is 184 Å². The maximum absolute atomic E-state index is 12.3. The van der Waals surface area contributed by atoms with Crippen LogP contribution in [0.2, 0.25) is 0 Å². The summed E-state index contributed by atoms with van der Waals surface area (Å²) in [6.07, 6.45) is 4.93. The van der Waals surface area contributed by atoms with Crippen LogP contribution in [0.15, 0.2) is 54.7 Å². The summed E-state index contributed by atoms with van der Waals surface area (Å²) in [5, 5.41) is 4.31. The van der Waals surface area contributed by atoms with Crippen molar-refractivity contribution in [1.29, 1.82) is 0 Å². The summed E-state index contributed by atoms with van der Waals surface area (Å²) in [4.78, 5) is 18.0. The molecule has 2 aromatic carbocycles. The first-order chi connectivity index (χ1) is 15.1. The van der Waals surface area contributed by atoms with Gasteiger partial charge in [0.1, 0.15) is 0 Å². The molecule has 1 amide bonds. The number of carbonyl (C=O) groups is 1. The first-order valence-corrected chi connectivity index (χ1v) is 11.3. The maximum atomic E-state index is 12.3. The van der Waals surface area contributed by atoms with Crippen molar-refractivity contribution in [3.8, 4) is 0 Å². The number of aromatic nitrogens is 1. The average Bonchev–Trinajstić information content (AvgIpc) is 3.16. The molecule has 2 heterocycles. The van der Waals surface area contributed by atoms with E-state index in [1.807, 2.05) is 6.07 Å². The second-order valence-electron chi connectivity index (χ2n) is 8.76. The molecule has 0 bridgehead atoms. The average molecular weight is 420 g/mol. The van der Waals surface area contributed by atoms with Crippen LogP contribution in [0.3, 0.4) is 0 Å². The zero-order valence-corrected chi connectivity index (χ0v) is 18.6. The number of para-hydroxylation sites is 1. The number of H-pyrrole nitrogens is 1. The second kappa shape index (κ2) is 10.1. The lowest BCUT2D eigenvalue weighted by Gasteiger charge is -2.35. The number of amides is 1. The molecule has 31 heavy (non-hydrogen) atoms. The van der Waals surface area contributed by atoms with E-state index in [0.717, 1.165) is 43.6 Å². The topological polar surface area (TPSA) is 57.4 Å². The minimum Gasteiger partial charge on any atom is -0.373 e. The van der Waals surface area contributed by atoms with Gasteiger partial charge < -0.3 is 15.0 Å². The van der Waals surface area contributed by atoms with E-state index in [2.05, 4.69) is 77.7 Å². The molecule has 2 atom stereocenters. The van der Waals surface area contributed by atoms with Gasteiger partial charge in [0.05, 0.1) is 12.2 Å². The van der Waals surface area contributed by atoms with Gasteiger partial charge >= 0.3 is 0 Å². The SMILES string of the molecule is CC1CN(Cc2ccc(CNC(=O)CCCc3c[nH]c4ccccc34)cc2)CC(C)O1. The molecule has 0 aliphatic carbocycles. The van der Waals surface area contributed by atoms with Gasteiger partial charge in [0.25, 0.3) is 0 Å². The lowest BCUT2D eigenvalue weighted by molar-refractivity contribution is -0.121. The molecule has 1 aliphatic rings. The highest BCUT2D eigenvalue weighted by molar-refractivity contribution is 5.83. The number of nitrogens with zero attached hydrogens (tertiary/aromatic N) is 1. The Balaban J connectivity index is 1.19. The highest BCUT2D eigenvalue weighted by atomic mass is 16.5. The Bertz CT molecular complexity index is 985. The Morgan fingerprint density at radius 2 is 1.77 bits per heavy atom. The van der Waals surface area contributed by atoms with Crippen LogP contribution in [0.4, 0.5) is 0 Å². The zero-order valence-electron chi connectivity index (χ0n) is 18.6. The maximum Gasteiger partial charge on any atom is 0.220 e. The number of fused-ring (bicyclic) bond motifs is 1. The molecular formula is C26H33N3O2. The molecule has 3 aromatic rings. The Kier molecular flexibility index (Phi) is 7.05. The summed E-state index contributed by atoms with van der Waals surface area (Å²) in [5.41, 5.74) is 4.87. The van der Waals surface area contributed by atoms with Crippen molar-refractivity contribution in [1.82, 2.24) is 15.2 Å². The number of hydrogen-bond acceptors (Lipinski definition) is 3. The molecule has 5 nitrogen and oxygen atoms in total. The van der Waals surface area contributed by atoms with E-state index in [1.54, 1.807) is 0 Å². The van der Waals surface area contributed by atoms with Crippen LogP contribution in [-0.2, 0) is 29.0 Å². The largest absolute Gasteiger partial charge is 0.373 e. The number of nitrogens with one attached hydrogen (secondary N) is 2. The predicted molar refractivity (Wildman–Crippen MR) is 125 cm³/mol. The molecule has 1 aliphatic heterocycles. The molecule has 0 saturated carbocycles. The Morgan fingerprint density at radius 3 is 2.55 bits per heavy atom. The fourth-order valence-corrected chi connectivity index (χ4v) is 4.50.